The second-order valence-corrected chi connectivity index (χ2v) is 9.14. The second kappa shape index (κ2) is 9.24. The van der Waals surface area contributed by atoms with Crippen molar-refractivity contribution in [1.29, 1.82) is 0 Å². The highest BCUT2D eigenvalue weighted by Crippen LogP contribution is 2.46. The van der Waals surface area contributed by atoms with E-state index in [1.54, 1.807) is 13.8 Å². The van der Waals surface area contributed by atoms with Gasteiger partial charge in [-0.25, -0.2) is 17.6 Å². The van der Waals surface area contributed by atoms with Crippen molar-refractivity contribution in [2.45, 2.75) is 65.8 Å². The van der Waals surface area contributed by atoms with E-state index in [4.69, 9.17) is 4.74 Å². The van der Waals surface area contributed by atoms with E-state index < -0.39 is 82.2 Å². The first-order valence-corrected chi connectivity index (χ1v) is 10.00. The molecule has 0 bridgehead atoms. The molecule has 0 aliphatic heterocycles. The van der Waals surface area contributed by atoms with Crippen LogP contribution in [0.3, 0.4) is 0 Å². The number of Topliss-reactive ketones (excluding diaryl/α,β-unsaturated/α-hetero) is 1. The van der Waals surface area contributed by atoms with Crippen molar-refractivity contribution in [3.63, 3.8) is 0 Å². The molecule has 1 N–H and O–H groups in total. The van der Waals surface area contributed by atoms with Crippen LogP contribution in [-0.4, -0.2) is 29.6 Å². The molecule has 1 aliphatic rings. The van der Waals surface area contributed by atoms with Crippen LogP contribution in [0.25, 0.3) is 0 Å². The Balaban J connectivity index is 2.30. The zero-order valence-electron chi connectivity index (χ0n) is 18.3. The maximum Gasteiger partial charge on any atom is 0.310 e. The molecular weight excluding hydrogens is 420 g/mol. The van der Waals surface area contributed by atoms with Crippen molar-refractivity contribution in [2.24, 2.45) is 17.3 Å². The number of hydrogen-bond donors (Lipinski definition) is 1. The number of methoxy groups -OCH3 is 1. The number of carbonyl (C=O) groups is 2. The Morgan fingerprint density at radius 3 is 1.97 bits per heavy atom. The number of esters is 1. The van der Waals surface area contributed by atoms with Gasteiger partial charge in [0.2, 0.25) is 0 Å². The first kappa shape index (κ1) is 25.3. The highest BCUT2D eigenvalue weighted by atomic mass is 19.2. The van der Waals surface area contributed by atoms with Crippen LogP contribution in [0.1, 0.15) is 58.1 Å². The predicted molar refractivity (Wildman–Crippen MR) is 103 cm³/mol. The van der Waals surface area contributed by atoms with Crippen molar-refractivity contribution in [3.8, 4) is 0 Å². The molecular formula is C22H28F4O5. The third-order valence-electron chi connectivity index (χ3n) is 5.86. The lowest BCUT2D eigenvalue weighted by atomic mass is 9.60. The number of aliphatic hydroxyl groups is 1. The average molecular weight is 448 g/mol. The molecule has 0 spiro atoms. The summed E-state index contributed by atoms with van der Waals surface area (Å²) in [5, 5.41) is 10.2. The van der Waals surface area contributed by atoms with Crippen LogP contribution < -0.4 is 0 Å². The molecule has 2 atom stereocenters. The predicted octanol–water partition coefficient (Wildman–Crippen LogP) is 4.22. The van der Waals surface area contributed by atoms with E-state index in [0.29, 0.717) is 12.8 Å². The summed E-state index contributed by atoms with van der Waals surface area (Å²) in [6.45, 7) is 4.50. The molecule has 0 radical (unpaired) electrons. The Kier molecular flexibility index (Phi) is 7.53. The maximum absolute atomic E-state index is 14.3. The molecule has 1 fully saturated rings. The van der Waals surface area contributed by atoms with Gasteiger partial charge in [-0.15, -0.1) is 0 Å². The van der Waals surface area contributed by atoms with E-state index in [-0.39, 0.29) is 6.42 Å². The number of hydrogen-bond acceptors (Lipinski definition) is 5. The van der Waals surface area contributed by atoms with Gasteiger partial charge in [0, 0.05) is 13.0 Å². The van der Waals surface area contributed by atoms with E-state index >= 15 is 0 Å². The average Bonchev–Trinajstić information content (AvgIpc) is 2.67. The topological polar surface area (TPSA) is 72.8 Å². The summed E-state index contributed by atoms with van der Waals surface area (Å²) in [5.41, 5.74) is -4.30. The molecule has 1 aromatic carbocycles. The lowest BCUT2D eigenvalue weighted by Crippen LogP contribution is -2.50. The van der Waals surface area contributed by atoms with Gasteiger partial charge in [0.15, 0.2) is 29.1 Å². The summed E-state index contributed by atoms with van der Waals surface area (Å²) in [4.78, 5) is 25.6. The minimum absolute atomic E-state index is 0.273. The van der Waals surface area contributed by atoms with Gasteiger partial charge in [-0.1, -0.05) is 20.3 Å². The van der Waals surface area contributed by atoms with Crippen LogP contribution in [0.2, 0.25) is 0 Å². The molecule has 0 saturated heterocycles. The highest BCUT2D eigenvalue weighted by Gasteiger charge is 2.50. The van der Waals surface area contributed by atoms with Gasteiger partial charge >= 0.3 is 5.97 Å². The van der Waals surface area contributed by atoms with Gasteiger partial charge in [-0.05, 0) is 32.1 Å². The van der Waals surface area contributed by atoms with Crippen LogP contribution in [0, 0.1) is 40.5 Å². The summed E-state index contributed by atoms with van der Waals surface area (Å²) >= 11 is 0. The molecule has 31 heavy (non-hydrogen) atoms. The van der Waals surface area contributed by atoms with Gasteiger partial charge in [0.05, 0.1) is 23.7 Å². The van der Waals surface area contributed by atoms with Gasteiger partial charge in [-0.3, -0.25) is 9.59 Å². The molecule has 0 aromatic heterocycles. The number of carbonyl (C=O) groups excluding carboxylic acids is 2. The minimum atomic E-state index is -1.69. The van der Waals surface area contributed by atoms with E-state index in [9.17, 15) is 32.3 Å². The van der Waals surface area contributed by atoms with E-state index in [0.717, 1.165) is 7.11 Å². The fourth-order valence-electron chi connectivity index (χ4n) is 4.19. The van der Waals surface area contributed by atoms with Crippen LogP contribution >= 0.6 is 0 Å². The monoisotopic (exact) mass is 448 g/mol. The summed E-state index contributed by atoms with van der Waals surface area (Å²) in [6.07, 6.45) is 1.50. The molecule has 5 nitrogen and oxygen atoms in total. The Bertz CT molecular complexity index is 831. The fourth-order valence-corrected chi connectivity index (χ4v) is 4.19. The molecule has 0 amide bonds. The second-order valence-electron chi connectivity index (χ2n) is 9.14. The third-order valence-corrected chi connectivity index (χ3v) is 5.86. The standard InChI is InChI=1S/C22H28F4O5/c1-21(2)8-6-7-11(14(21)19(27)22(3,4)29)20(28)31-10-13-17(25)15(23)12(9-30-5)16(24)18(13)26/h11,14,29H,6-10H2,1-5H3. The molecule has 1 aliphatic carbocycles. The summed E-state index contributed by atoms with van der Waals surface area (Å²) in [5.74, 6) is -9.91. The van der Waals surface area contributed by atoms with Crippen LogP contribution in [0.4, 0.5) is 17.6 Å². The molecule has 9 heteroatoms. The fraction of sp³-hybridized carbons (Fsp3) is 0.636. The zero-order valence-corrected chi connectivity index (χ0v) is 18.3. The normalized spacial score (nSPS) is 21.1. The lowest BCUT2D eigenvalue weighted by molar-refractivity contribution is -0.164. The Labute approximate surface area is 178 Å². The van der Waals surface area contributed by atoms with Crippen LogP contribution in [0.5, 0.6) is 0 Å². The summed E-state index contributed by atoms with van der Waals surface area (Å²) in [6, 6.07) is 0. The van der Waals surface area contributed by atoms with Gasteiger partial charge in [0.25, 0.3) is 0 Å². The van der Waals surface area contributed by atoms with E-state index in [1.165, 1.54) is 13.8 Å². The molecule has 2 unspecified atom stereocenters. The Morgan fingerprint density at radius 2 is 1.52 bits per heavy atom. The van der Waals surface area contributed by atoms with Gasteiger partial charge < -0.3 is 14.6 Å². The summed E-state index contributed by atoms with van der Waals surface area (Å²) in [7, 11) is 1.11. The summed E-state index contributed by atoms with van der Waals surface area (Å²) < 4.78 is 66.3. The first-order chi connectivity index (χ1) is 14.2. The number of ketones is 1. The zero-order chi connectivity index (χ0) is 23.7. The molecule has 1 saturated carbocycles. The van der Waals surface area contributed by atoms with Gasteiger partial charge in [-0.2, -0.15) is 0 Å². The van der Waals surface area contributed by atoms with Crippen LogP contribution in [0.15, 0.2) is 0 Å². The minimum Gasteiger partial charge on any atom is -0.460 e. The molecule has 0 heterocycles. The number of rotatable bonds is 7. The number of halogens is 4. The molecule has 2 rings (SSSR count). The number of benzene rings is 1. The Hall–Kier alpha value is -2.00. The first-order valence-electron chi connectivity index (χ1n) is 10.00. The van der Waals surface area contributed by atoms with Crippen molar-refractivity contribution >= 4 is 11.8 Å². The van der Waals surface area contributed by atoms with Crippen molar-refractivity contribution in [1.82, 2.24) is 0 Å². The number of ether oxygens (including phenoxy) is 2. The Morgan fingerprint density at radius 1 is 1.03 bits per heavy atom. The lowest BCUT2D eigenvalue weighted by Gasteiger charge is -2.43. The maximum atomic E-state index is 14.3. The molecule has 174 valence electrons. The largest absolute Gasteiger partial charge is 0.460 e. The third kappa shape index (κ3) is 5.09. The van der Waals surface area contributed by atoms with Crippen molar-refractivity contribution in [3.05, 3.63) is 34.4 Å². The van der Waals surface area contributed by atoms with E-state index in [2.05, 4.69) is 4.74 Å². The SMILES string of the molecule is COCc1c(F)c(F)c(COC(=O)C2CCCC(C)(C)C2C(=O)C(C)(C)O)c(F)c1F. The van der Waals surface area contributed by atoms with Crippen molar-refractivity contribution in [2.75, 3.05) is 7.11 Å². The van der Waals surface area contributed by atoms with Crippen LogP contribution in [-0.2, 0) is 32.3 Å². The van der Waals surface area contributed by atoms with Crippen molar-refractivity contribution < 1.29 is 41.7 Å². The quantitative estimate of drug-likeness (QED) is 0.384. The molecule has 1 aromatic rings. The highest BCUT2D eigenvalue weighted by molar-refractivity contribution is 5.93. The smallest absolute Gasteiger partial charge is 0.310 e. The van der Waals surface area contributed by atoms with Gasteiger partial charge in [0.1, 0.15) is 12.2 Å². The van der Waals surface area contributed by atoms with E-state index in [1.807, 2.05) is 0 Å².